The van der Waals surface area contributed by atoms with Crippen LogP contribution in [0.4, 0.5) is 0 Å². The summed E-state index contributed by atoms with van der Waals surface area (Å²) in [4.78, 5) is 32.9. The van der Waals surface area contributed by atoms with Crippen molar-refractivity contribution in [3.05, 3.63) is 35.9 Å². The summed E-state index contributed by atoms with van der Waals surface area (Å²) in [5.74, 6) is 0.117. The zero-order valence-corrected chi connectivity index (χ0v) is 26.3. The molecule has 5 heteroatoms. The molecule has 0 amide bonds. The fraction of sp³-hybridized carbons (Fsp3) is 0.758. The van der Waals surface area contributed by atoms with Crippen molar-refractivity contribution in [3.8, 4) is 0 Å². The average Bonchev–Trinajstić information content (AvgIpc) is 2.89. The van der Waals surface area contributed by atoms with Crippen LogP contribution in [0.5, 0.6) is 0 Å². The van der Waals surface area contributed by atoms with Crippen LogP contribution in [0.25, 0.3) is 0 Å². The van der Waals surface area contributed by atoms with Gasteiger partial charge in [0.1, 0.15) is 5.78 Å². The van der Waals surface area contributed by atoms with Gasteiger partial charge in [0.05, 0.1) is 18.1 Å². The number of Topliss-reactive ketones (excluding diaryl/α,β-unsaturated/α-hetero) is 1. The second kappa shape index (κ2) is 15.2. The number of rotatable bonds is 18. The molecule has 5 nitrogen and oxygen atoms in total. The fourth-order valence-electron chi connectivity index (χ4n) is 4.70. The lowest BCUT2D eigenvalue weighted by Gasteiger charge is -2.42. The van der Waals surface area contributed by atoms with Gasteiger partial charge in [-0.15, -0.1) is 0 Å². The zero-order chi connectivity index (χ0) is 29.1. The van der Waals surface area contributed by atoms with Gasteiger partial charge in [-0.2, -0.15) is 5.48 Å². The van der Waals surface area contributed by atoms with Gasteiger partial charge in [-0.3, -0.25) is 14.4 Å². The number of ketones is 1. The van der Waals surface area contributed by atoms with Gasteiger partial charge in [-0.1, -0.05) is 98.6 Å². The molecule has 1 aromatic rings. The normalized spacial score (nSPS) is 17.2. The molecule has 0 saturated carbocycles. The Labute approximate surface area is 233 Å². The minimum absolute atomic E-state index is 0.00208. The van der Waals surface area contributed by atoms with E-state index in [1.165, 1.54) is 5.56 Å². The number of hydrogen-bond donors (Lipinski definition) is 1. The molecule has 0 aliphatic heterocycles. The Bertz CT molecular complexity index is 850. The molecule has 0 fully saturated rings. The molecular weight excluding hydrogens is 474 g/mol. The SMILES string of the molecule is CCCCOC(=O)C(CC(C)(C)C(C)c1ccccc1)C(C)(C)ONC(C)(CC)CC(=O)C(C)C(C)CC. The van der Waals surface area contributed by atoms with Crippen molar-refractivity contribution in [1.82, 2.24) is 5.48 Å². The maximum atomic E-state index is 13.5. The third-order valence-corrected chi connectivity index (χ3v) is 8.98. The monoisotopic (exact) mass is 531 g/mol. The Morgan fingerprint density at radius 1 is 0.947 bits per heavy atom. The first-order chi connectivity index (χ1) is 17.6. The summed E-state index contributed by atoms with van der Waals surface area (Å²) >= 11 is 0. The van der Waals surface area contributed by atoms with Gasteiger partial charge in [0.2, 0.25) is 0 Å². The largest absolute Gasteiger partial charge is 0.465 e. The van der Waals surface area contributed by atoms with Crippen LogP contribution in [0, 0.1) is 23.2 Å². The number of esters is 1. The highest BCUT2D eigenvalue weighted by atomic mass is 16.7. The average molecular weight is 532 g/mol. The minimum atomic E-state index is -0.848. The van der Waals surface area contributed by atoms with E-state index in [9.17, 15) is 9.59 Å². The molecule has 0 heterocycles. The zero-order valence-electron chi connectivity index (χ0n) is 26.3. The fourth-order valence-corrected chi connectivity index (χ4v) is 4.70. The molecule has 0 radical (unpaired) electrons. The summed E-state index contributed by atoms with van der Waals surface area (Å²) < 4.78 is 5.75. The maximum absolute atomic E-state index is 13.5. The number of hydroxylamine groups is 1. The molecule has 1 aromatic carbocycles. The highest BCUT2D eigenvalue weighted by Gasteiger charge is 2.44. The second-order valence-electron chi connectivity index (χ2n) is 12.9. The van der Waals surface area contributed by atoms with Gasteiger partial charge in [-0.25, -0.2) is 0 Å². The molecule has 0 aromatic heterocycles. The van der Waals surface area contributed by atoms with Crippen molar-refractivity contribution >= 4 is 11.8 Å². The van der Waals surface area contributed by atoms with Crippen molar-refractivity contribution < 1.29 is 19.2 Å². The molecule has 1 N–H and O–H groups in total. The van der Waals surface area contributed by atoms with Crippen LogP contribution in [0.15, 0.2) is 30.3 Å². The second-order valence-corrected chi connectivity index (χ2v) is 12.9. The van der Waals surface area contributed by atoms with Gasteiger partial charge in [-0.05, 0) is 62.8 Å². The summed E-state index contributed by atoms with van der Waals surface area (Å²) in [6, 6.07) is 10.4. The maximum Gasteiger partial charge on any atom is 0.311 e. The summed E-state index contributed by atoms with van der Waals surface area (Å²) in [5.41, 5.74) is 2.93. The van der Waals surface area contributed by atoms with Crippen LogP contribution in [0.1, 0.15) is 126 Å². The lowest BCUT2D eigenvalue weighted by atomic mass is 9.68. The molecule has 1 rings (SSSR count). The number of nitrogens with one attached hydrogen (secondary N) is 1. The lowest BCUT2D eigenvalue weighted by Crippen LogP contribution is -2.52. The molecule has 38 heavy (non-hydrogen) atoms. The van der Waals surface area contributed by atoms with Crippen LogP contribution in [-0.4, -0.2) is 29.5 Å². The van der Waals surface area contributed by atoms with Crippen molar-refractivity contribution in [3.63, 3.8) is 0 Å². The molecule has 218 valence electrons. The number of ether oxygens (including phenoxy) is 1. The standard InChI is InChI=1S/C33H57NO4/c1-12-15-21-37-30(36)28(22-31(7,8)26(6)27-19-17-16-18-20-27)32(9,10)38-34-33(11,14-3)23-29(35)25(5)24(4)13-2/h16-20,24-26,28,34H,12-15,21-23H2,1-11H3. The van der Waals surface area contributed by atoms with Gasteiger partial charge >= 0.3 is 5.97 Å². The summed E-state index contributed by atoms with van der Waals surface area (Å²) in [6.45, 7) is 23.4. The summed E-state index contributed by atoms with van der Waals surface area (Å²) in [5, 5.41) is 0. The van der Waals surface area contributed by atoms with Gasteiger partial charge in [0.25, 0.3) is 0 Å². The predicted octanol–water partition coefficient (Wildman–Crippen LogP) is 8.28. The topological polar surface area (TPSA) is 64.6 Å². The Morgan fingerprint density at radius 2 is 1.55 bits per heavy atom. The van der Waals surface area contributed by atoms with E-state index >= 15 is 0 Å². The van der Waals surface area contributed by atoms with Gasteiger partial charge in [0, 0.05) is 17.9 Å². The number of carbonyl (C=O) groups is 2. The van der Waals surface area contributed by atoms with E-state index in [1.54, 1.807) is 0 Å². The van der Waals surface area contributed by atoms with E-state index in [4.69, 9.17) is 9.57 Å². The quantitative estimate of drug-likeness (QED) is 0.117. The third kappa shape index (κ3) is 10.1. The summed E-state index contributed by atoms with van der Waals surface area (Å²) in [7, 11) is 0. The molecule has 0 spiro atoms. The molecule has 5 unspecified atom stereocenters. The molecule has 5 atom stereocenters. The first-order valence-corrected chi connectivity index (χ1v) is 14.8. The van der Waals surface area contributed by atoms with Crippen LogP contribution in [0.2, 0.25) is 0 Å². The smallest absolute Gasteiger partial charge is 0.311 e. The van der Waals surface area contributed by atoms with Crippen LogP contribution in [0.3, 0.4) is 0 Å². The van der Waals surface area contributed by atoms with Gasteiger partial charge in [0.15, 0.2) is 0 Å². The van der Waals surface area contributed by atoms with E-state index in [1.807, 2.05) is 33.8 Å². The van der Waals surface area contributed by atoms with E-state index in [2.05, 4.69) is 78.2 Å². The number of carbonyl (C=O) groups excluding carboxylic acids is 2. The molecule has 0 aliphatic carbocycles. The van der Waals surface area contributed by atoms with Gasteiger partial charge < -0.3 is 4.74 Å². The lowest BCUT2D eigenvalue weighted by molar-refractivity contribution is -0.183. The van der Waals surface area contributed by atoms with E-state index in [0.29, 0.717) is 25.4 Å². The number of unbranched alkanes of at least 4 members (excludes halogenated alkanes) is 1. The Kier molecular flexibility index (Phi) is 13.7. The third-order valence-electron chi connectivity index (χ3n) is 8.98. The molecule has 0 bridgehead atoms. The van der Waals surface area contributed by atoms with Crippen molar-refractivity contribution in [2.24, 2.45) is 23.2 Å². The van der Waals surface area contributed by atoms with Crippen LogP contribution >= 0.6 is 0 Å². The molecule has 0 aliphatic rings. The first kappa shape index (κ1) is 34.3. The molecular formula is C33H57NO4. The van der Waals surface area contributed by atoms with E-state index in [-0.39, 0.29) is 29.0 Å². The first-order valence-electron chi connectivity index (χ1n) is 14.8. The Balaban J connectivity index is 3.14. The number of hydrogen-bond acceptors (Lipinski definition) is 5. The summed E-state index contributed by atoms with van der Waals surface area (Å²) in [6.07, 6.45) is 4.50. The van der Waals surface area contributed by atoms with Crippen LogP contribution < -0.4 is 5.48 Å². The minimum Gasteiger partial charge on any atom is -0.465 e. The van der Waals surface area contributed by atoms with Crippen molar-refractivity contribution in [1.29, 1.82) is 0 Å². The highest BCUT2D eigenvalue weighted by molar-refractivity contribution is 5.82. The van der Waals surface area contributed by atoms with E-state index < -0.39 is 17.1 Å². The van der Waals surface area contributed by atoms with Crippen molar-refractivity contribution in [2.75, 3.05) is 6.61 Å². The Hall–Kier alpha value is -1.72. The van der Waals surface area contributed by atoms with Crippen LogP contribution in [-0.2, 0) is 19.2 Å². The molecule has 0 saturated heterocycles. The van der Waals surface area contributed by atoms with Crippen molar-refractivity contribution in [2.45, 2.75) is 132 Å². The van der Waals surface area contributed by atoms with E-state index in [0.717, 1.165) is 25.7 Å². The highest BCUT2D eigenvalue weighted by Crippen LogP contribution is 2.43. The number of benzene rings is 1. The Morgan fingerprint density at radius 3 is 2.08 bits per heavy atom. The predicted molar refractivity (Wildman–Crippen MR) is 158 cm³/mol.